The molecule has 1 aliphatic rings. The molecule has 0 aliphatic carbocycles. The molecule has 1 heterocycles. The minimum Gasteiger partial charge on any atom is -0.490 e. The van der Waals surface area contributed by atoms with Crippen LogP contribution < -0.4 is 9.64 Å². The fourth-order valence-electron chi connectivity index (χ4n) is 2.33. The summed E-state index contributed by atoms with van der Waals surface area (Å²) in [7, 11) is 1.31. The summed E-state index contributed by atoms with van der Waals surface area (Å²) in [5.74, 6) is -0.989. The molecule has 1 aromatic rings. The van der Waals surface area contributed by atoms with E-state index in [1.165, 1.54) is 30.2 Å². The van der Waals surface area contributed by atoms with Crippen molar-refractivity contribution in [1.82, 2.24) is 0 Å². The number of rotatable bonds is 4. The molecule has 108 valence electrons. The number of aliphatic hydroxyl groups is 1. The Kier molecular flexibility index (Phi) is 3.75. The van der Waals surface area contributed by atoms with E-state index in [4.69, 9.17) is 9.84 Å². The van der Waals surface area contributed by atoms with E-state index in [-0.39, 0.29) is 24.4 Å². The van der Waals surface area contributed by atoms with E-state index in [0.29, 0.717) is 5.69 Å². The fraction of sp³-hybridized carbons (Fsp3) is 0.417. The zero-order chi connectivity index (χ0) is 14.9. The molecule has 1 aromatic carbocycles. The Balaban J connectivity index is 2.37. The van der Waals surface area contributed by atoms with Gasteiger partial charge in [-0.2, -0.15) is 0 Å². The molecule has 0 radical (unpaired) electrons. The number of carboxylic acids is 1. The van der Waals surface area contributed by atoms with Gasteiger partial charge in [-0.25, -0.2) is 4.79 Å². The van der Waals surface area contributed by atoms with Crippen LogP contribution in [0.4, 0.5) is 11.4 Å². The molecule has 0 spiro atoms. The van der Waals surface area contributed by atoms with E-state index >= 15 is 0 Å². The normalized spacial score (nSPS) is 21.8. The summed E-state index contributed by atoms with van der Waals surface area (Å²) in [5, 5.41) is 29.6. The van der Waals surface area contributed by atoms with Crippen LogP contribution >= 0.6 is 0 Å². The number of benzene rings is 1. The van der Waals surface area contributed by atoms with Gasteiger partial charge in [0, 0.05) is 30.8 Å². The molecule has 8 nitrogen and oxygen atoms in total. The van der Waals surface area contributed by atoms with E-state index in [2.05, 4.69) is 0 Å². The Bertz CT molecular complexity index is 547. The molecule has 1 aliphatic heterocycles. The molecule has 2 N–H and O–H groups in total. The predicted octanol–water partition coefficient (Wildman–Crippen LogP) is 0.628. The van der Waals surface area contributed by atoms with Crippen molar-refractivity contribution in [2.24, 2.45) is 0 Å². The molecule has 0 bridgehead atoms. The van der Waals surface area contributed by atoms with Gasteiger partial charge in [0.1, 0.15) is 6.04 Å². The van der Waals surface area contributed by atoms with Crippen LogP contribution in [-0.4, -0.2) is 46.9 Å². The van der Waals surface area contributed by atoms with Crippen molar-refractivity contribution in [2.75, 3.05) is 18.6 Å². The molecule has 20 heavy (non-hydrogen) atoms. The topological polar surface area (TPSA) is 113 Å². The van der Waals surface area contributed by atoms with Crippen LogP contribution in [0.2, 0.25) is 0 Å². The first kappa shape index (κ1) is 14.1. The number of nitrogens with zero attached hydrogens (tertiary/aromatic N) is 2. The second-order valence-corrected chi connectivity index (χ2v) is 4.51. The Morgan fingerprint density at radius 1 is 1.55 bits per heavy atom. The number of ether oxygens (including phenoxy) is 1. The molecule has 0 saturated carbocycles. The number of carbonyl (C=O) groups is 1. The summed E-state index contributed by atoms with van der Waals surface area (Å²) in [6, 6.07) is 3.27. The van der Waals surface area contributed by atoms with Crippen molar-refractivity contribution in [3.63, 3.8) is 0 Å². The van der Waals surface area contributed by atoms with Crippen molar-refractivity contribution in [1.29, 1.82) is 0 Å². The van der Waals surface area contributed by atoms with Crippen LogP contribution in [0.3, 0.4) is 0 Å². The average Bonchev–Trinajstić information content (AvgIpc) is 2.80. The highest BCUT2D eigenvalue weighted by Gasteiger charge is 2.36. The van der Waals surface area contributed by atoms with Crippen LogP contribution in [0.5, 0.6) is 5.75 Å². The number of carboxylic acid groups (broad SMARTS) is 1. The number of anilines is 1. The number of hydrogen-bond donors (Lipinski definition) is 2. The third-order valence-electron chi connectivity index (χ3n) is 3.26. The summed E-state index contributed by atoms with van der Waals surface area (Å²) in [6.45, 7) is 0.165. The van der Waals surface area contributed by atoms with Crippen LogP contribution in [-0.2, 0) is 4.79 Å². The third kappa shape index (κ3) is 2.50. The number of aliphatic carboxylic acids is 1. The maximum atomic E-state index is 11.2. The van der Waals surface area contributed by atoms with Gasteiger partial charge in [0.25, 0.3) is 0 Å². The first-order valence-electron chi connectivity index (χ1n) is 5.94. The van der Waals surface area contributed by atoms with Crippen molar-refractivity contribution in [3.8, 4) is 5.75 Å². The van der Waals surface area contributed by atoms with Crippen LogP contribution in [0.1, 0.15) is 6.42 Å². The number of methoxy groups -OCH3 is 1. The quantitative estimate of drug-likeness (QED) is 0.615. The highest BCUT2D eigenvalue weighted by atomic mass is 16.6. The minimum atomic E-state index is -1.04. The molecule has 2 atom stereocenters. The largest absolute Gasteiger partial charge is 0.490 e. The van der Waals surface area contributed by atoms with Gasteiger partial charge in [-0.1, -0.05) is 0 Å². The Hall–Kier alpha value is -2.35. The fourth-order valence-corrected chi connectivity index (χ4v) is 2.33. The van der Waals surface area contributed by atoms with Gasteiger partial charge in [-0.15, -0.1) is 0 Å². The smallest absolute Gasteiger partial charge is 0.326 e. The SMILES string of the molecule is COc1cc(N2CC(O)CC2C(=O)O)ccc1[N+](=O)[O-]. The van der Waals surface area contributed by atoms with E-state index < -0.39 is 23.0 Å². The van der Waals surface area contributed by atoms with E-state index in [1.807, 2.05) is 0 Å². The standard InChI is InChI=1S/C12H14N2O6/c1-20-11-4-7(2-3-9(11)14(18)19)13-6-8(15)5-10(13)12(16)17/h2-4,8,10,15H,5-6H2,1H3,(H,16,17). The van der Waals surface area contributed by atoms with Gasteiger partial charge in [0.05, 0.1) is 18.1 Å². The van der Waals surface area contributed by atoms with Crippen LogP contribution in [0.15, 0.2) is 18.2 Å². The van der Waals surface area contributed by atoms with Crippen molar-refractivity contribution in [2.45, 2.75) is 18.6 Å². The molecule has 0 aromatic heterocycles. The summed E-state index contributed by atoms with van der Waals surface area (Å²) in [6.07, 6.45) is -0.619. The van der Waals surface area contributed by atoms with Gasteiger partial charge in [-0.3, -0.25) is 10.1 Å². The zero-order valence-corrected chi connectivity index (χ0v) is 10.7. The van der Waals surface area contributed by atoms with Crippen molar-refractivity contribution < 1.29 is 24.7 Å². The monoisotopic (exact) mass is 282 g/mol. The number of aliphatic hydroxyl groups excluding tert-OH is 1. The lowest BCUT2D eigenvalue weighted by Crippen LogP contribution is -2.35. The Labute approximate surface area is 114 Å². The Morgan fingerprint density at radius 2 is 2.25 bits per heavy atom. The lowest BCUT2D eigenvalue weighted by Gasteiger charge is -2.23. The second kappa shape index (κ2) is 5.33. The molecule has 1 fully saturated rings. The van der Waals surface area contributed by atoms with Crippen LogP contribution in [0.25, 0.3) is 0 Å². The van der Waals surface area contributed by atoms with Crippen molar-refractivity contribution in [3.05, 3.63) is 28.3 Å². The first-order chi connectivity index (χ1) is 9.43. The Morgan fingerprint density at radius 3 is 2.80 bits per heavy atom. The van der Waals surface area contributed by atoms with Gasteiger partial charge < -0.3 is 19.8 Å². The van der Waals surface area contributed by atoms with E-state index in [0.717, 1.165) is 0 Å². The second-order valence-electron chi connectivity index (χ2n) is 4.51. The molecule has 8 heteroatoms. The van der Waals surface area contributed by atoms with E-state index in [1.54, 1.807) is 0 Å². The predicted molar refractivity (Wildman–Crippen MR) is 69.0 cm³/mol. The average molecular weight is 282 g/mol. The molecular weight excluding hydrogens is 268 g/mol. The molecule has 0 amide bonds. The summed E-state index contributed by atoms with van der Waals surface area (Å²) in [5.41, 5.74) is 0.277. The molecule has 2 rings (SSSR count). The summed E-state index contributed by atoms with van der Waals surface area (Å²) in [4.78, 5) is 22.9. The molecular formula is C12H14N2O6. The maximum absolute atomic E-state index is 11.2. The highest BCUT2D eigenvalue weighted by molar-refractivity contribution is 5.79. The van der Waals surface area contributed by atoms with E-state index in [9.17, 15) is 20.0 Å². The lowest BCUT2D eigenvalue weighted by molar-refractivity contribution is -0.385. The summed E-state index contributed by atoms with van der Waals surface area (Å²) >= 11 is 0. The number of nitro groups is 1. The lowest BCUT2D eigenvalue weighted by atomic mass is 10.2. The van der Waals surface area contributed by atoms with Gasteiger partial charge >= 0.3 is 11.7 Å². The first-order valence-corrected chi connectivity index (χ1v) is 5.94. The zero-order valence-electron chi connectivity index (χ0n) is 10.7. The van der Waals surface area contributed by atoms with Gasteiger partial charge in [0.15, 0.2) is 5.75 Å². The molecule has 1 saturated heterocycles. The van der Waals surface area contributed by atoms with Crippen LogP contribution in [0, 0.1) is 10.1 Å². The maximum Gasteiger partial charge on any atom is 0.326 e. The summed E-state index contributed by atoms with van der Waals surface area (Å²) < 4.78 is 4.95. The highest BCUT2D eigenvalue weighted by Crippen LogP contribution is 2.34. The van der Waals surface area contributed by atoms with Crippen molar-refractivity contribution >= 4 is 17.3 Å². The van der Waals surface area contributed by atoms with Gasteiger partial charge in [0.2, 0.25) is 0 Å². The number of β-amino-alcohol motifs (C(OH)–C–C–N with tert-alkyl or cyclic N) is 1. The minimum absolute atomic E-state index is 0.0537. The van der Waals surface area contributed by atoms with Gasteiger partial charge in [-0.05, 0) is 6.07 Å². The molecule has 2 unspecified atom stereocenters. The third-order valence-corrected chi connectivity index (χ3v) is 3.26. The number of hydrogen-bond acceptors (Lipinski definition) is 6. The number of nitro benzene ring substituents is 1.